The quantitative estimate of drug-likeness (QED) is 0.943. The maximum atomic E-state index is 12.6. The molecule has 118 valence electrons. The highest BCUT2D eigenvalue weighted by atomic mass is 16.5. The highest BCUT2D eigenvalue weighted by Gasteiger charge is 2.27. The summed E-state index contributed by atoms with van der Waals surface area (Å²) in [6.07, 6.45) is 4.34. The fraction of sp³-hybridized carbons (Fsp3) is 0.562. The highest BCUT2D eigenvalue weighted by molar-refractivity contribution is 5.79. The van der Waals surface area contributed by atoms with Crippen molar-refractivity contribution in [2.45, 2.75) is 46.0 Å². The summed E-state index contributed by atoms with van der Waals surface area (Å²) in [4.78, 5) is 14.6. The number of hydrogen-bond acceptors (Lipinski definition) is 4. The molecule has 6 heteroatoms. The SMILES string of the molecule is Cc1cn[nH]c1[C@H]1CCCN(C(=O)Cc2c(C)noc2C)C1. The topological polar surface area (TPSA) is 75.0 Å². The molecule has 0 radical (unpaired) electrons. The molecular formula is C16H22N4O2. The van der Waals surface area contributed by atoms with Gasteiger partial charge in [0.2, 0.25) is 5.91 Å². The lowest BCUT2D eigenvalue weighted by Crippen LogP contribution is -2.40. The van der Waals surface area contributed by atoms with E-state index < -0.39 is 0 Å². The van der Waals surface area contributed by atoms with Crippen LogP contribution < -0.4 is 0 Å². The van der Waals surface area contributed by atoms with Crippen LogP contribution in [0, 0.1) is 20.8 Å². The van der Waals surface area contributed by atoms with Gasteiger partial charge in [-0.25, -0.2) is 0 Å². The van der Waals surface area contributed by atoms with Crippen LogP contribution in [0.15, 0.2) is 10.7 Å². The van der Waals surface area contributed by atoms with Crippen LogP contribution >= 0.6 is 0 Å². The molecule has 1 fully saturated rings. The van der Waals surface area contributed by atoms with Gasteiger partial charge in [-0.3, -0.25) is 9.89 Å². The van der Waals surface area contributed by atoms with E-state index in [4.69, 9.17) is 4.52 Å². The smallest absolute Gasteiger partial charge is 0.227 e. The van der Waals surface area contributed by atoms with E-state index in [-0.39, 0.29) is 5.91 Å². The zero-order valence-electron chi connectivity index (χ0n) is 13.3. The molecule has 2 aromatic heterocycles. The first-order chi connectivity index (χ1) is 10.6. The number of carbonyl (C=O) groups excluding carboxylic acids is 1. The third-order valence-corrected chi connectivity index (χ3v) is 4.56. The molecule has 1 saturated heterocycles. The molecular weight excluding hydrogens is 280 g/mol. The van der Waals surface area contributed by atoms with E-state index in [2.05, 4.69) is 22.3 Å². The fourth-order valence-electron chi connectivity index (χ4n) is 3.23. The molecule has 1 N–H and O–H groups in total. The average Bonchev–Trinajstić information content (AvgIpc) is 3.08. The summed E-state index contributed by atoms with van der Waals surface area (Å²) in [5, 5.41) is 11.1. The van der Waals surface area contributed by atoms with Crippen LogP contribution in [0.1, 0.15) is 47.0 Å². The van der Waals surface area contributed by atoms with Gasteiger partial charge in [-0.2, -0.15) is 5.10 Å². The van der Waals surface area contributed by atoms with Crippen molar-refractivity contribution in [3.63, 3.8) is 0 Å². The minimum Gasteiger partial charge on any atom is -0.361 e. The van der Waals surface area contributed by atoms with Crippen molar-refractivity contribution in [1.29, 1.82) is 0 Å². The van der Waals surface area contributed by atoms with Gasteiger partial charge in [0.05, 0.1) is 18.3 Å². The summed E-state index contributed by atoms with van der Waals surface area (Å²) < 4.78 is 5.15. The first kappa shape index (κ1) is 14.8. The van der Waals surface area contributed by atoms with Crippen LogP contribution in [0.5, 0.6) is 0 Å². The van der Waals surface area contributed by atoms with E-state index in [1.54, 1.807) is 0 Å². The van der Waals surface area contributed by atoms with Crippen LogP contribution in [-0.4, -0.2) is 39.3 Å². The Hall–Kier alpha value is -2.11. The van der Waals surface area contributed by atoms with Crippen molar-refractivity contribution in [3.05, 3.63) is 34.5 Å². The summed E-state index contributed by atoms with van der Waals surface area (Å²) in [5.74, 6) is 1.24. The Morgan fingerprint density at radius 3 is 2.91 bits per heavy atom. The van der Waals surface area contributed by atoms with E-state index in [0.29, 0.717) is 12.3 Å². The molecule has 3 rings (SSSR count). The minimum atomic E-state index is 0.149. The largest absolute Gasteiger partial charge is 0.361 e. The zero-order valence-corrected chi connectivity index (χ0v) is 13.3. The number of H-pyrrole nitrogens is 1. The summed E-state index contributed by atoms with van der Waals surface area (Å²) in [5.41, 5.74) is 4.06. The summed E-state index contributed by atoms with van der Waals surface area (Å²) in [6, 6.07) is 0. The number of likely N-dealkylation sites (tertiary alicyclic amines) is 1. The Kier molecular flexibility index (Phi) is 4.00. The molecule has 1 aliphatic rings. The summed E-state index contributed by atoms with van der Waals surface area (Å²) in [6.45, 7) is 7.38. The molecule has 0 spiro atoms. The normalized spacial score (nSPS) is 18.7. The molecule has 6 nitrogen and oxygen atoms in total. The Labute approximate surface area is 129 Å². The Bertz CT molecular complexity index is 654. The average molecular weight is 302 g/mol. The molecule has 0 aromatic carbocycles. The predicted octanol–water partition coefficient (Wildman–Crippen LogP) is 2.27. The summed E-state index contributed by atoms with van der Waals surface area (Å²) >= 11 is 0. The van der Waals surface area contributed by atoms with E-state index in [0.717, 1.165) is 48.6 Å². The van der Waals surface area contributed by atoms with Gasteiger partial charge in [-0.1, -0.05) is 5.16 Å². The Morgan fingerprint density at radius 2 is 2.27 bits per heavy atom. The lowest BCUT2D eigenvalue weighted by atomic mass is 9.92. The van der Waals surface area contributed by atoms with Crippen molar-refractivity contribution in [2.75, 3.05) is 13.1 Å². The van der Waals surface area contributed by atoms with Crippen molar-refractivity contribution in [1.82, 2.24) is 20.3 Å². The van der Waals surface area contributed by atoms with Gasteiger partial charge in [0, 0.05) is 30.3 Å². The van der Waals surface area contributed by atoms with Crippen LogP contribution in [0.3, 0.4) is 0 Å². The first-order valence-corrected chi connectivity index (χ1v) is 7.75. The number of rotatable bonds is 3. The molecule has 0 unspecified atom stereocenters. The molecule has 0 aliphatic carbocycles. The number of aromatic amines is 1. The van der Waals surface area contributed by atoms with Crippen LogP contribution in [0.4, 0.5) is 0 Å². The number of amides is 1. The van der Waals surface area contributed by atoms with Gasteiger partial charge >= 0.3 is 0 Å². The van der Waals surface area contributed by atoms with Gasteiger partial charge in [0.15, 0.2) is 0 Å². The highest BCUT2D eigenvalue weighted by Crippen LogP contribution is 2.28. The fourth-order valence-corrected chi connectivity index (χ4v) is 3.23. The third kappa shape index (κ3) is 2.77. The number of nitrogens with one attached hydrogen (secondary N) is 1. The van der Waals surface area contributed by atoms with Gasteiger partial charge in [0.1, 0.15) is 5.76 Å². The van der Waals surface area contributed by atoms with E-state index in [1.807, 2.05) is 24.9 Å². The van der Waals surface area contributed by atoms with Gasteiger partial charge in [-0.15, -0.1) is 0 Å². The van der Waals surface area contributed by atoms with Crippen molar-refractivity contribution in [2.24, 2.45) is 0 Å². The predicted molar refractivity (Wildman–Crippen MR) is 81.6 cm³/mol. The van der Waals surface area contributed by atoms with Crippen LogP contribution in [0.2, 0.25) is 0 Å². The van der Waals surface area contributed by atoms with Crippen molar-refractivity contribution in [3.8, 4) is 0 Å². The van der Waals surface area contributed by atoms with E-state index in [1.165, 1.54) is 5.56 Å². The second-order valence-electron chi connectivity index (χ2n) is 6.13. The Morgan fingerprint density at radius 1 is 1.45 bits per heavy atom. The van der Waals surface area contributed by atoms with E-state index >= 15 is 0 Å². The molecule has 1 amide bonds. The monoisotopic (exact) mass is 302 g/mol. The van der Waals surface area contributed by atoms with E-state index in [9.17, 15) is 4.79 Å². The molecule has 1 atom stereocenters. The summed E-state index contributed by atoms with van der Waals surface area (Å²) in [7, 11) is 0. The minimum absolute atomic E-state index is 0.149. The molecule has 3 heterocycles. The van der Waals surface area contributed by atoms with Crippen molar-refractivity contribution < 1.29 is 9.32 Å². The molecule has 2 aromatic rings. The number of aromatic nitrogens is 3. The molecule has 0 bridgehead atoms. The van der Waals surface area contributed by atoms with Gasteiger partial charge in [-0.05, 0) is 39.2 Å². The lowest BCUT2D eigenvalue weighted by molar-refractivity contribution is -0.131. The second kappa shape index (κ2) is 5.94. The third-order valence-electron chi connectivity index (χ3n) is 4.56. The second-order valence-corrected chi connectivity index (χ2v) is 6.13. The standard InChI is InChI=1S/C16H22N4O2/c1-10-8-17-18-16(10)13-5-4-6-20(9-13)15(21)7-14-11(2)19-22-12(14)3/h8,13H,4-7,9H2,1-3H3,(H,17,18)/t13-/m0/s1. The van der Waals surface area contributed by atoms with Gasteiger partial charge < -0.3 is 9.42 Å². The maximum Gasteiger partial charge on any atom is 0.227 e. The molecule has 0 saturated carbocycles. The number of nitrogens with zero attached hydrogens (tertiary/aromatic N) is 3. The number of carbonyl (C=O) groups is 1. The number of piperidine rings is 1. The lowest BCUT2D eigenvalue weighted by Gasteiger charge is -2.32. The van der Waals surface area contributed by atoms with Crippen LogP contribution in [0.25, 0.3) is 0 Å². The van der Waals surface area contributed by atoms with Crippen LogP contribution in [-0.2, 0) is 11.2 Å². The number of hydrogen-bond donors (Lipinski definition) is 1. The Balaban J connectivity index is 1.69. The molecule has 1 aliphatic heterocycles. The number of aryl methyl sites for hydroxylation is 3. The van der Waals surface area contributed by atoms with Crippen molar-refractivity contribution >= 4 is 5.91 Å². The zero-order chi connectivity index (χ0) is 15.7. The molecule has 22 heavy (non-hydrogen) atoms. The van der Waals surface area contributed by atoms with Gasteiger partial charge in [0.25, 0.3) is 0 Å². The first-order valence-electron chi connectivity index (χ1n) is 7.75. The maximum absolute atomic E-state index is 12.6.